The Balaban J connectivity index is 1.88. The van der Waals surface area contributed by atoms with E-state index in [1.165, 1.54) is 36.4 Å². The number of carbonyl (C=O) groups is 1. The van der Waals surface area contributed by atoms with Gasteiger partial charge in [0.15, 0.2) is 0 Å². The third kappa shape index (κ3) is 5.57. The molecule has 2 N–H and O–H groups in total. The number of amides is 2. The molecular formula is C29H26F3N3O. The summed E-state index contributed by atoms with van der Waals surface area (Å²) in [5, 5.41) is 5.76. The second-order valence-corrected chi connectivity index (χ2v) is 8.79. The summed E-state index contributed by atoms with van der Waals surface area (Å²) in [7, 11) is 0. The molecule has 4 rings (SSSR count). The predicted octanol–water partition coefficient (Wildman–Crippen LogP) is 6.95. The van der Waals surface area contributed by atoms with Gasteiger partial charge in [-0.1, -0.05) is 54.6 Å². The molecule has 1 atom stereocenters. The first-order chi connectivity index (χ1) is 17.2. The molecule has 1 unspecified atom stereocenters. The van der Waals surface area contributed by atoms with Crippen molar-refractivity contribution in [1.82, 2.24) is 10.3 Å². The fourth-order valence-electron chi connectivity index (χ4n) is 4.28. The Morgan fingerprint density at radius 3 is 2.25 bits per heavy atom. The fraction of sp³-hybridized carbons (Fsp3) is 0.172. The fourth-order valence-corrected chi connectivity index (χ4v) is 4.28. The van der Waals surface area contributed by atoms with E-state index in [2.05, 4.69) is 15.6 Å². The highest BCUT2D eigenvalue weighted by Gasteiger charge is 2.40. The zero-order chi connectivity index (χ0) is 25.8. The van der Waals surface area contributed by atoms with Crippen LogP contribution in [0.3, 0.4) is 0 Å². The van der Waals surface area contributed by atoms with Crippen molar-refractivity contribution < 1.29 is 18.0 Å². The maximum Gasteiger partial charge on any atom is 0.320 e. The van der Waals surface area contributed by atoms with Crippen molar-refractivity contribution in [2.75, 3.05) is 5.32 Å². The van der Waals surface area contributed by atoms with E-state index >= 15 is 0 Å². The maximum absolute atomic E-state index is 14.4. The van der Waals surface area contributed by atoms with Crippen molar-refractivity contribution in [3.63, 3.8) is 0 Å². The number of alkyl halides is 2. The van der Waals surface area contributed by atoms with Crippen LogP contribution < -0.4 is 10.6 Å². The normalized spacial score (nSPS) is 13.0. The van der Waals surface area contributed by atoms with Gasteiger partial charge in [0.05, 0.1) is 5.69 Å². The van der Waals surface area contributed by atoms with Crippen LogP contribution in [-0.2, 0) is 17.9 Å². The van der Waals surface area contributed by atoms with E-state index < -0.39 is 23.3 Å². The van der Waals surface area contributed by atoms with Gasteiger partial charge in [-0.2, -0.15) is 0 Å². The maximum atomic E-state index is 14.4. The number of anilines is 1. The number of rotatable bonds is 7. The van der Waals surface area contributed by atoms with Crippen molar-refractivity contribution >= 4 is 11.7 Å². The Kier molecular flexibility index (Phi) is 7.10. The van der Waals surface area contributed by atoms with E-state index in [1.807, 2.05) is 43.3 Å². The molecule has 3 aromatic carbocycles. The molecule has 1 heterocycles. The Hall–Kier alpha value is -4.13. The summed E-state index contributed by atoms with van der Waals surface area (Å²) in [6, 6.07) is 23.9. The lowest BCUT2D eigenvalue weighted by molar-refractivity contribution is 0.0173. The van der Waals surface area contributed by atoms with Crippen LogP contribution >= 0.6 is 0 Å². The van der Waals surface area contributed by atoms with Gasteiger partial charge in [-0.05, 0) is 60.0 Å². The second kappa shape index (κ2) is 10.2. The highest BCUT2D eigenvalue weighted by atomic mass is 19.3. The third-order valence-electron chi connectivity index (χ3n) is 6.02. The number of aryl methyl sites for hydroxylation is 1. The van der Waals surface area contributed by atoms with Gasteiger partial charge in [0.2, 0.25) is 0 Å². The molecule has 36 heavy (non-hydrogen) atoms. The topological polar surface area (TPSA) is 54.0 Å². The zero-order valence-electron chi connectivity index (χ0n) is 19.9. The Morgan fingerprint density at radius 1 is 0.889 bits per heavy atom. The molecule has 1 aromatic heterocycles. The van der Waals surface area contributed by atoms with Crippen LogP contribution in [0.4, 0.5) is 23.7 Å². The molecule has 0 saturated carbocycles. The van der Waals surface area contributed by atoms with Gasteiger partial charge in [-0.15, -0.1) is 0 Å². The van der Waals surface area contributed by atoms with Crippen molar-refractivity contribution in [2.45, 2.75) is 31.7 Å². The zero-order valence-corrected chi connectivity index (χ0v) is 19.9. The van der Waals surface area contributed by atoms with Crippen molar-refractivity contribution in [3.8, 4) is 0 Å². The number of hydrogen-bond donors (Lipinski definition) is 2. The smallest absolute Gasteiger partial charge is 0.320 e. The number of carbonyl (C=O) groups excluding carboxylic acids is 1. The number of aromatic nitrogens is 1. The summed E-state index contributed by atoms with van der Waals surface area (Å²) in [6.07, 6.45) is 1.86. The first-order valence-corrected chi connectivity index (χ1v) is 11.5. The van der Waals surface area contributed by atoms with Gasteiger partial charge in [0.25, 0.3) is 5.92 Å². The standard InChI is InChI=1S/C29H26F3N3O/c1-20-8-7-17-33-26(20)29(19-21-9-4-3-5-10-21,23-12-6-11-22(18-23)28(2,31)32)35-27(36)34-25-15-13-24(30)14-16-25/h3-18H,19H2,1-2H3,(H2,34,35,36). The molecule has 0 fully saturated rings. The number of halogens is 3. The summed E-state index contributed by atoms with van der Waals surface area (Å²) in [4.78, 5) is 18.0. The first-order valence-electron chi connectivity index (χ1n) is 11.5. The number of nitrogens with one attached hydrogen (secondary N) is 2. The van der Waals surface area contributed by atoms with Gasteiger partial charge in [-0.25, -0.2) is 18.0 Å². The summed E-state index contributed by atoms with van der Waals surface area (Å²) in [5.41, 5.74) is 1.56. The van der Waals surface area contributed by atoms with Gasteiger partial charge in [0.1, 0.15) is 11.4 Å². The molecular weight excluding hydrogens is 463 g/mol. The highest BCUT2D eigenvalue weighted by molar-refractivity contribution is 5.90. The van der Waals surface area contributed by atoms with E-state index in [0.29, 0.717) is 16.9 Å². The molecule has 0 aliphatic rings. The molecule has 0 aliphatic carbocycles. The number of pyridine rings is 1. The van der Waals surface area contributed by atoms with Crippen LogP contribution in [0.2, 0.25) is 0 Å². The predicted molar refractivity (Wildman–Crippen MR) is 134 cm³/mol. The van der Waals surface area contributed by atoms with Crippen LogP contribution in [0.1, 0.15) is 34.9 Å². The average Bonchev–Trinajstić information content (AvgIpc) is 2.85. The molecule has 4 nitrogen and oxygen atoms in total. The van der Waals surface area contributed by atoms with Crippen LogP contribution in [0.5, 0.6) is 0 Å². The van der Waals surface area contributed by atoms with E-state index in [-0.39, 0.29) is 12.0 Å². The minimum absolute atomic E-state index is 0.174. The molecule has 184 valence electrons. The van der Waals surface area contributed by atoms with Gasteiger partial charge in [0, 0.05) is 30.8 Å². The lowest BCUT2D eigenvalue weighted by Gasteiger charge is -2.37. The monoisotopic (exact) mass is 489 g/mol. The molecule has 7 heteroatoms. The minimum Gasteiger partial charge on any atom is -0.322 e. The third-order valence-corrected chi connectivity index (χ3v) is 6.02. The van der Waals surface area contributed by atoms with Crippen molar-refractivity contribution in [1.29, 1.82) is 0 Å². The van der Waals surface area contributed by atoms with E-state index in [4.69, 9.17) is 0 Å². The number of nitrogens with zero attached hydrogens (tertiary/aromatic N) is 1. The summed E-state index contributed by atoms with van der Waals surface area (Å²) in [6.45, 7) is 2.70. The summed E-state index contributed by atoms with van der Waals surface area (Å²) >= 11 is 0. The van der Waals surface area contributed by atoms with Crippen LogP contribution in [-0.4, -0.2) is 11.0 Å². The molecule has 0 saturated heterocycles. The number of hydrogen-bond acceptors (Lipinski definition) is 2. The highest BCUT2D eigenvalue weighted by Crippen LogP contribution is 2.37. The number of urea groups is 1. The van der Waals surface area contributed by atoms with Crippen molar-refractivity contribution in [2.24, 2.45) is 0 Å². The quantitative estimate of drug-likeness (QED) is 0.295. The summed E-state index contributed by atoms with van der Waals surface area (Å²) in [5.74, 6) is -3.51. The first kappa shape index (κ1) is 25.0. The molecule has 0 spiro atoms. The summed E-state index contributed by atoms with van der Waals surface area (Å²) < 4.78 is 42.1. The Bertz CT molecular complexity index is 1340. The molecule has 0 aliphatic heterocycles. The number of benzene rings is 3. The SMILES string of the molecule is Cc1cccnc1C(Cc1ccccc1)(NC(=O)Nc1ccc(F)cc1)c1cccc(C(C)(F)F)c1. The van der Waals surface area contributed by atoms with E-state index in [0.717, 1.165) is 18.1 Å². The van der Waals surface area contributed by atoms with Crippen molar-refractivity contribution in [3.05, 3.63) is 131 Å². The second-order valence-electron chi connectivity index (χ2n) is 8.79. The minimum atomic E-state index is -3.08. The lowest BCUT2D eigenvalue weighted by atomic mass is 9.78. The van der Waals surface area contributed by atoms with Crippen LogP contribution in [0, 0.1) is 12.7 Å². The Morgan fingerprint density at radius 2 is 1.58 bits per heavy atom. The van der Waals surface area contributed by atoms with E-state index in [9.17, 15) is 18.0 Å². The molecule has 0 bridgehead atoms. The van der Waals surface area contributed by atoms with Gasteiger partial charge < -0.3 is 10.6 Å². The van der Waals surface area contributed by atoms with Crippen LogP contribution in [0.15, 0.2) is 97.2 Å². The lowest BCUT2D eigenvalue weighted by Crippen LogP contribution is -2.51. The van der Waals surface area contributed by atoms with Gasteiger partial charge in [-0.3, -0.25) is 4.98 Å². The van der Waals surface area contributed by atoms with Gasteiger partial charge >= 0.3 is 6.03 Å². The molecule has 0 radical (unpaired) electrons. The largest absolute Gasteiger partial charge is 0.322 e. The molecule has 4 aromatic rings. The van der Waals surface area contributed by atoms with E-state index in [1.54, 1.807) is 24.4 Å². The average molecular weight is 490 g/mol. The van der Waals surface area contributed by atoms with Crippen LogP contribution in [0.25, 0.3) is 0 Å². The Labute approximate surface area is 208 Å². The molecule has 2 amide bonds.